The van der Waals surface area contributed by atoms with Crippen LogP contribution in [0.15, 0.2) is 461 Å². The fraction of sp³-hybridized carbons (Fsp3) is 0. The molecule has 0 aliphatic carbocycles. The second-order valence-electron chi connectivity index (χ2n) is 33.4. The molecule has 8 heteroatoms. The summed E-state index contributed by atoms with van der Waals surface area (Å²) in [7, 11) is 0. The molecule has 129 heavy (non-hydrogen) atoms. The van der Waals surface area contributed by atoms with Crippen LogP contribution in [0.2, 0.25) is 0 Å². The third kappa shape index (κ3) is 13.1. The highest BCUT2D eigenvalue weighted by atomic mass is 15.0. The smallest absolute Gasteiger partial charge is 0.160 e. The first-order valence-corrected chi connectivity index (χ1v) is 43.9. The number of rotatable bonds is 12. The molecular formula is C121H76N8. The molecule has 0 fully saturated rings. The first kappa shape index (κ1) is 74.3. The summed E-state index contributed by atoms with van der Waals surface area (Å²) < 4.78 is 7.22. The predicted octanol–water partition coefficient (Wildman–Crippen LogP) is 31.6. The summed E-state index contributed by atoms with van der Waals surface area (Å²) in [6.45, 7) is 0. The quantitative estimate of drug-likeness (QED) is 0.114. The summed E-state index contributed by atoms with van der Waals surface area (Å²) in [6.07, 6.45) is 0. The SMILES string of the molecule is c1ccc(-c2cc(-c3ccc4cc(-n5c6cccc7ccc8cccc5c8c76)ccc4c3)cc(-c3ccccc3)n2)cc1.c1ccc(-c2cc(-c3ccc4cc(-n5c6cccc7ccc8cccc5c8c76)ccc4c3)nc(-c3ccccc3)n2)cc1.c1ccc(-c2cc(-c3ccccc3)nc(-c3ccc4cc(-n5c6cccc7ccc8cccc5c8c76)ccc4c3)n2)cc1. The monoisotopic (exact) mass is 1640 g/mol. The third-order valence-corrected chi connectivity index (χ3v) is 25.8. The van der Waals surface area contributed by atoms with Crippen LogP contribution in [0.4, 0.5) is 0 Å². The van der Waals surface area contributed by atoms with E-state index in [1.807, 2.05) is 84.9 Å². The largest absolute Gasteiger partial charge is 0.309 e. The average Bonchev–Trinajstić information content (AvgIpc) is 1.57. The van der Waals surface area contributed by atoms with Gasteiger partial charge in [0.25, 0.3) is 0 Å². The normalized spacial score (nSPS) is 11.7. The Kier molecular flexibility index (Phi) is 17.8. The summed E-state index contributed by atoms with van der Waals surface area (Å²) in [5, 5.41) is 22.8. The molecule has 0 saturated heterocycles. The molecular weight excluding hydrogens is 1570 g/mol. The van der Waals surface area contributed by atoms with Crippen molar-refractivity contribution in [1.82, 2.24) is 38.6 Å². The van der Waals surface area contributed by atoms with E-state index >= 15 is 0 Å². The minimum absolute atomic E-state index is 0.722. The highest BCUT2D eigenvalue weighted by Crippen LogP contribution is 2.45. The van der Waals surface area contributed by atoms with Gasteiger partial charge in [-0.05, 0) is 191 Å². The molecule has 0 N–H and O–H groups in total. The Balaban J connectivity index is 0.000000105. The van der Waals surface area contributed by atoms with Crippen molar-refractivity contribution in [2.75, 3.05) is 0 Å². The van der Waals surface area contributed by atoms with Crippen molar-refractivity contribution in [3.8, 4) is 119 Å². The molecule has 6 heterocycles. The highest BCUT2D eigenvalue weighted by Gasteiger charge is 2.23. The lowest BCUT2D eigenvalue weighted by molar-refractivity contribution is 1.18. The average molecular weight is 1640 g/mol. The van der Waals surface area contributed by atoms with E-state index in [-0.39, 0.29) is 0 Å². The van der Waals surface area contributed by atoms with Gasteiger partial charge in [-0.2, -0.15) is 0 Å². The Morgan fingerprint density at radius 2 is 0.349 bits per heavy atom. The maximum Gasteiger partial charge on any atom is 0.160 e. The van der Waals surface area contributed by atoms with Gasteiger partial charge in [-0.15, -0.1) is 0 Å². The molecule has 0 saturated carbocycles. The lowest BCUT2D eigenvalue weighted by Gasteiger charge is -2.12. The standard InChI is InChI=1S/C41H26N2.2C40H25N3/c1-3-9-27(10-4-1)36-25-34(26-37(42-36)28-11-5-2-6-12-28)32-19-20-33-24-35(22-21-31(33)23-32)43-38-15-7-13-29-17-18-30-14-8-16-39(43)41(30)40(29)38;1-3-9-26(10-4-1)34-25-35(42-40(41-34)29-11-5-2-6-12-29)32-20-19-31-24-33(22-21-30(31)23-32)43-36-15-7-13-27-17-18-28-14-8-16-37(43)39(28)38(27)36;1-3-9-26(10-4-1)34-25-35(27-11-5-2-6-12-27)42-40(41-34)32-20-19-31-24-33(22-21-30(31)23-32)43-36-15-7-13-28-17-18-29-14-8-16-37(43)39(29)38(28)36/h1-26H;2*1-25H. The van der Waals surface area contributed by atoms with Crippen molar-refractivity contribution in [3.63, 3.8) is 0 Å². The minimum atomic E-state index is 0.722. The van der Waals surface area contributed by atoms with Crippen LogP contribution in [0.3, 0.4) is 0 Å². The lowest BCUT2D eigenvalue weighted by atomic mass is 9.97. The Morgan fingerprint density at radius 3 is 0.659 bits per heavy atom. The summed E-state index contributed by atoms with van der Waals surface area (Å²) in [6, 6.07) is 164. The highest BCUT2D eigenvalue weighted by molar-refractivity contribution is 6.27. The number of pyridine rings is 1. The first-order chi connectivity index (χ1) is 63.9. The van der Waals surface area contributed by atoms with Gasteiger partial charge in [0.05, 0.1) is 67.3 Å². The van der Waals surface area contributed by atoms with Gasteiger partial charge < -0.3 is 13.7 Å². The van der Waals surface area contributed by atoms with Gasteiger partial charge in [0.2, 0.25) is 0 Å². The van der Waals surface area contributed by atoms with Crippen molar-refractivity contribution in [1.29, 1.82) is 0 Å². The second-order valence-corrected chi connectivity index (χ2v) is 33.4. The molecule has 0 radical (unpaired) electrons. The van der Waals surface area contributed by atoms with Crippen LogP contribution in [-0.4, -0.2) is 38.6 Å². The maximum absolute atomic E-state index is 5.06. The van der Waals surface area contributed by atoms with Crippen LogP contribution < -0.4 is 0 Å². The zero-order valence-electron chi connectivity index (χ0n) is 70.0. The molecule has 21 aromatic carbocycles. The number of benzene rings is 21. The van der Waals surface area contributed by atoms with E-state index in [0.717, 1.165) is 113 Å². The molecule has 27 rings (SSSR count). The van der Waals surface area contributed by atoms with E-state index in [1.54, 1.807) is 0 Å². The molecule has 6 aromatic heterocycles. The van der Waals surface area contributed by atoms with Gasteiger partial charge in [0.1, 0.15) is 0 Å². The topological polar surface area (TPSA) is 79.2 Å². The van der Waals surface area contributed by atoms with E-state index in [2.05, 4.69) is 390 Å². The summed E-state index contributed by atoms with van der Waals surface area (Å²) in [4.78, 5) is 25.1. The van der Waals surface area contributed by atoms with Crippen molar-refractivity contribution in [2.24, 2.45) is 0 Å². The van der Waals surface area contributed by atoms with Gasteiger partial charge in [-0.3, -0.25) is 0 Å². The van der Waals surface area contributed by atoms with Crippen LogP contribution in [0, 0.1) is 0 Å². The number of fused-ring (bicyclic) bond motifs is 3. The third-order valence-electron chi connectivity index (χ3n) is 25.8. The maximum atomic E-state index is 5.06. The fourth-order valence-corrected chi connectivity index (χ4v) is 19.7. The molecule has 600 valence electrons. The van der Waals surface area contributed by atoms with Gasteiger partial charge in [-0.25, -0.2) is 24.9 Å². The Labute approximate surface area is 743 Å². The van der Waals surface area contributed by atoms with Crippen LogP contribution in [-0.2, 0) is 0 Å². The summed E-state index contributed by atoms with van der Waals surface area (Å²) >= 11 is 0. The van der Waals surface area contributed by atoms with E-state index in [9.17, 15) is 0 Å². The molecule has 0 amide bonds. The predicted molar refractivity (Wildman–Crippen MR) is 539 cm³/mol. The van der Waals surface area contributed by atoms with Gasteiger partial charge >= 0.3 is 0 Å². The minimum Gasteiger partial charge on any atom is -0.309 e. The Hall–Kier alpha value is -17.3. The van der Waals surface area contributed by atoms with E-state index in [1.165, 1.54) is 136 Å². The van der Waals surface area contributed by atoms with E-state index in [0.29, 0.717) is 0 Å². The van der Waals surface area contributed by atoms with Crippen LogP contribution in [0.25, 0.3) is 249 Å². The first-order valence-electron chi connectivity index (χ1n) is 43.9. The molecule has 0 aliphatic heterocycles. The molecule has 0 unspecified atom stereocenters. The number of hydrogen-bond acceptors (Lipinski definition) is 5. The zero-order valence-corrected chi connectivity index (χ0v) is 70.0. The summed E-state index contributed by atoms with van der Waals surface area (Å²) in [5.74, 6) is 1.45. The second kappa shape index (κ2) is 30.9. The van der Waals surface area contributed by atoms with Crippen LogP contribution >= 0.6 is 0 Å². The zero-order chi connectivity index (χ0) is 85.0. The summed E-state index contributed by atoms with van der Waals surface area (Å²) in [5.41, 5.74) is 27.4. The van der Waals surface area contributed by atoms with Gasteiger partial charge in [0.15, 0.2) is 11.6 Å². The van der Waals surface area contributed by atoms with Crippen LogP contribution in [0.5, 0.6) is 0 Å². The Bertz CT molecular complexity index is 7770. The van der Waals surface area contributed by atoms with Crippen molar-refractivity contribution in [3.05, 3.63) is 461 Å². The molecule has 27 aromatic rings. The molecule has 8 nitrogen and oxygen atoms in total. The van der Waals surface area contributed by atoms with Crippen molar-refractivity contribution in [2.45, 2.75) is 0 Å². The van der Waals surface area contributed by atoms with Gasteiger partial charge in [-0.1, -0.05) is 346 Å². The van der Waals surface area contributed by atoms with Crippen molar-refractivity contribution < 1.29 is 0 Å². The van der Waals surface area contributed by atoms with Gasteiger partial charge in [0, 0.05) is 93.9 Å². The molecule has 0 atom stereocenters. The molecule has 0 spiro atoms. The fourth-order valence-electron chi connectivity index (χ4n) is 19.7. The number of nitrogens with zero attached hydrogens (tertiary/aromatic N) is 8. The number of aromatic nitrogens is 8. The van der Waals surface area contributed by atoms with E-state index < -0.39 is 0 Å². The lowest BCUT2D eigenvalue weighted by Crippen LogP contribution is -1.96. The molecule has 0 aliphatic rings. The van der Waals surface area contributed by atoms with Crippen LogP contribution in [0.1, 0.15) is 0 Å². The Morgan fingerprint density at radius 1 is 0.124 bits per heavy atom. The van der Waals surface area contributed by atoms with Crippen molar-refractivity contribution >= 4 is 130 Å². The van der Waals surface area contributed by atoms with E-state index in [4.69, 9.17) is 24.9 Å². The number of hydrogen-bond donors (Lipinski definition) is 0. The molecule has 0 bridgehead atoms.